The fourth-order valence-electron chi connectivity index (χ4n) is 3.87. The fourth-order valence-corrected chi connectivity index (χ4v) is 3.87. The molecular weight excluding hydrogens is 318 g/mol. The molecule has 3 nitrogen and oxygen atoms in total. The average molecular weight is 352 g/mol. The van der Waals surface area contributed by atoms with Crippen LogP contribution in [0.2, 0.25) is 0 Å². The smallest absolute Gasteiger partial charge is 0.0443 e. The van der Waals surface area contributed by atoms with E-state index in [9.17, 15) is 0 Å². The summed E-state index contributed by atoms with van der Waals surface area (Å²) < 4.78 is 0. The van der Waals surface area contributed by atoms with Gasteiger partial charge in [0.2, 0.25) is 0 Å². The van der Waals surface area contributed by atoms with Crippen LogP contribution in [-0.2, 0) is 0 Å². The molecule has 2 aromatic rings. The molecule has 0 spiro atoms. The standard InChI is InChI=1S/C23H33N3/c1-6-7-8-9-10-19-20-13-11-17(25(2)3)15-22(20)24-23-16-18(26(4)5)12-14-21(19)23/h11-16,19,24H,6-10H2,1-5H3. The van der Waals surface area contributed by atoms with Gasteiger partial charge in [-0.3, -0.25) is 0 Å². The molecule has 0 radical (unpaired) electrons. The van der Waals surface area contributed by atoms with Crippen molar-refractivity contribution in [3.63, 3.8) is 0 Å². The molecule has 2 aromatic carbocycles. The van der Waals surface area contributed by atoms with Crippen LogP contribution in [0.15, 0.2) is 36.4 Å². The molecule has 0 bridgehead atoms. The molecule has 0 saturated heterocycles. The number of nitrogens with one attached hydrogen (secondary N) is 1. The second-order valence-corrected chi connectivity index (χ2v) is 7.86. The molecule has 1 heterocycles. The van der Waals surface area contributed by atoms with Crippen LogP contribution in [0.3, 0.4) is 0 Å². The van der Waals surface area contributed by atoms with Crippen LogP contribution in [0.1, 0.15) is 56.1 Å². The van der Waals surface area contributed by atoms with Crippen molar-refractivity contribution in [1.29, 1.82) is 0 Å². The van der Waals surface area contributed by atoms with E-state index in [1.165, 1.54) is 66.0 Å². The van der Waals surface area contributed by atoms with Gasteiger partial charge in [0, 0.05) is 56.9 Å². The first-order valence-corrected chi connectivity index (χ1v) is 9.90. The molecule has 0 atom stereocenters. The third kappa shape index (κ3) is 3.82. The molecule has 0 aromatic heterocycles. The largest absolute Gasteiger partial charge is 0.378 e. The van der Waals surface area contributed by atoms with Gasteiger partial charge in [0.25, 0.3) is 0 Å². The highest BCUT2D eigenvalue weighted by Crippen LogP contribution is 2.45. The minimum atomic E-state index is 0.491. The van der Waals surface area contributed by atoms with E-state index in [0.717, 1.165) is 0 Å². The van der Waals surface area contributed by atoms with Crippen molar-refractivity contribution in [1.82, 2.24) is 0 Å². The van der Waals surface area contributed by atoms with Crippen LogP contribution < -0.4 is 15.1 Å². The van der Waals surface area contributed by atoms with Crippen molar-refractivity contribution in [2.45, 2.75) is 44.9 Å². The lowest BCUT2D eigenvalue weighted by molar-refractivity contribution is 0.596. The van der Waals surface area contributed by atoms with Crippen molar-refractivity contribution in [3.8, 4) is 0 Å². The molecule has 0 fully saturated rings. The Bertz CT molecular complexity index is 692. The molecule has 0 unspecified atom stereocenters. The molecule has 140 valence electrons. The Morgan fingerprint density at radius 2 is 1.31 bits per heavy atom. The van der Waals surface area contributed by atoms with Crippen LogP contribution in [-0.4, -0.2) is 28.2 Å². The SMILES string of the molecule is CCCCCCC1c2ccc(N(C)C)cc2Nc2cc(N(C)C)ccc21. The first-order valence-electron chi connectivity index (χ1n) is 9.90. The number of benzene rings is 2. The van der Waals surface area contributed by atoms with Crippen LogP contribution in [0.5, 0.6) is 0 Å². The molecule has 3 rings (SSSR count). The lowest BCUT2D eigenvalue weighted by Gasteiger charge is -2.31. The highest BCUT2D eigenvalue weighted by molar-refractivity contribution is 5.78. The Morgan fingerprint density at radius 1 is 0.769 bits per heavy atom. The molecule has 0 saturated carbocycles. The quantitative estimate of drug-likeness (QED) is 0.619. The number of hydrogen-bond acceptors (Lipinski definition) is 3. The van der Waals surface area contributed by atoms with Gasteiger partial charge in [0.05, 0.1) is 0 Å². The van der Waals surface area contributed by atoms with Crippen LogP contribution in [0.25, 0.3) is 0 Å². The zero-order valence-electron chi connectivity index (χ0n) is 17.0. The summed E-state index contributed by atoms with van der Waals surface area (Å²) in [6.45, 7) is 2.28. The first-order chi connectivity index (χ1) is 12.5. The van der Waals surface area contributed by atoms with Gasteiger partial charge >= 0.3 is 0 Å². The summed E-state index contributed by atoms with van der Waals surface area (Å²) >= 11 is 0. The van der Waals surface area contributed by atoms with E-state index in [2.05, 4.69) is 86.6 Å². The normalized spacial score (nSPS) is 13.0. The fraction of sp³-hybridized carbons (Fsp3) is 0.478. The highest BCUT2D eigenvalue weighted by Gasteiger charge is 2.26. The van der Waals surface area contributed by atoms with Crippen LogP contribution >= 0.6 is 0 Å². The minimum Gasteiger partial charge on any atom is -0.378 e. The maximum atomic E-state index is 3.71. The van der Waals surface area contributed by atoms with Gasteiger partial charge in [-0.25, -0.2) is 0 Å². The van der Waals surface area contributed by atoms with Crippen molar-refractivity contribution < 1.29 is 0 Å². The van der Waals surface area contributed by atoms with Gasteiger partial charge < -0.3 is 15.1 Å². The topological polar surface area (TPSA) is 18.5 Å². The van der Waals surface area contributed by atoms with E-state index in [1.54, 1.807) is 0 Å². The number of anilines is 4. The van der Waals surface area contributed by atoms with Gasteiger partial charge in [-0.05, 0) is 41.8 Å². The molecule has 1 N–H and O–H groups in total. The van der Waals surface area contributed by atoms with Gasteiger partial charge in [0.1, 0.15) is 0 Å². The molecule has 0 aliphatic carbocycles. The van der Waals surface area contributed by atoms with Gasteiger partial charge in [-0.2, -0.15) is 0 Å². The van der Waals surface area contributed by atoms with E-state index in [4.69, 9.17) is 0 Å². The third-order valence-electron chi connectivity index (χ3n) is 5.47. The summed E-state index contributed by atoms with van der Waals surface area (Å²) in [6.07, 6.45) is 6.48. The van der Waals surface area contributed by atoms with E-state index in [-0.39, 0.29) is 0 Å². The first kappa shape index (κ1) is 18.6. The monoisotopic (exact) mass is 351 g/mol. The van der Waals surface area contributed by atoms with E-state index in [0.29, 0.717) is 5.92 Å². The van der Waals surface area contributed by atoms with Gasteiger partial charge in [-0.15, -0.1) is 0 Å². The second-order valence-electron chi connectivity index (χ2n) is 7.86. The average Bonchev–Trinajstić information content (AvgIpc) is 2.63. The Balaban J connectivity index is 1.97. The number of hydrogen-bond donors (Lipinski definition) is 1. The zero-order valence-corrected chi connectivity index (χ0v) is 17.0. The number of unbranched alkanes of at least 4 members (excludes halogenated alkanes) is 3. The van der Waals surface area contributed by atoms with Gasteiger partial charge in [0.15, 0.2) is 0 Å². The summed E-state index contributed by atoms with van der Waals surface area (Å²) in [5.74, 6) is 0.491. The molecular formula is C23H33N3. The van der Waals surface area contributed by atoms with Crippen molar-refractivity contribution in [3.05, 3.63) is 47.5 Å². The van der Waals surface area contributed by atoms with Gasteiger partial charge in [-0.1, -0.05) is 44.7 Å². The van der Waals surface area contributed by atoms with E-state index < -0.39 is 0 Å². The Labute approximate surface area is 159 Å². The Morgan fingerprint density at radius 3 is 1.77 bits per heavy atom. The van der Waals surface area contributed by atoms with E-state index in [1.807, 2.05) is 0 Å². The predicted molar refractivity (Wildman–Crippen MR) is 115 cm³/mol. The molecule has 1 aliphatic heterocycles. The second kappa shape index (κ2) is 8.03. The lowest BCUT2D eigenvalue weighted by Crippen LogP contribution is -2.16. The van der Waals surface area contributed by atoms with Crippen LogP contribution in [0, 0.1) is 0 Å². The molecule has 26 heavy (non-hydrogen) atoms. The number of nitrogens with zero attached hydrogens (tertiary/aromatic N) is 2. The maximum Gasteiger partial charge on any atom is 0.0443 e. The summed E-state index contributed by atoms with van der Waals surface area (Å²) in [6, 6.07) is 13.7. The maximum absolute atomic E-state index is 3.71. The summed E-state index contributed by atoms with van der Waals surface area (Å²) in [5.41, 5.74) is 7.90. The summed E-state index contributed by atoms with van der Waals surface area (Å²) in [7, 11) is 8.41. The lowest BCUT2D eigenvalue weighted by atomic mass is 9.82. The van der Waals surface area contributed by atoms with Crippen molar-refractivity contribution in [2.24, 2.45) is 0 Å². The number of rotatable bonds is 7. The number of fused-ring (bicyclic) bond motifs is 2. The van der Waals surface area contributed by atoms with E-state index >= 15 is 0 Å². The molecule has 1 aliphatic rings. The predicted octanol–water partition coefficient (Wildman–Crippen LogP) is 5.98. The summed E-state index contributed by atoms with van der Waals surface area (Å²) in [5, 5.41) is 3.71. The van der Waals surface area contributed by atoms with Crippen molar-refractivity contribution >= 4 is 22.7 Å². The van der Waals surface area contributed by atoms with Crippen LogP contribution in [0.4, 0.5) is 22.7 Å². The molecule has 0 amide bonds. The Hall–Kier alpha value is -2.16. The Kier molecular flexibility index (Phi) is 5.75. The third-order valence-corrected chi connectivity index (χ3v) is 5.47. The molecule has 3 heteroatoms. The summed E-state index contributed by atoms with van der Waals surface area (Å²) in [4.78, 5) is 4.34. The highest BCUT2D eigenvalue weighted by atomic mass is 15.1. The zero-order chi connectivity index (χ0) is 18.7. The van der Waals surface area contributed by atoms with Crippen molar-refractivity contribution in [2.75, 3.05) is 43.3 Å². The minimum absolute atomic E-state index is 0.491.